The molecule has 2 N–H and O–H groups in total. The van der Waals surface area contributed by atoms with Crippen molar-refractivity contribution in [3.8, 4) is 0 Å². The van der Waals surface area contributed by atoms with E-state index in [4.69, 9.17) is 0 Å². The van der Waals surface area contributed by atoms with Gasteiger partial charge < -0.3 is 10.6 Å². The van der Waals surface area contributed by atoms with Crippen molar-refractivity contribution in [1.29, 1.82) is 0 Å². The number of aliphatic imine (C=N–C) groups is 1. The summed E-state index contributed by atoms with van der Waals surface area (Å²) in [5, 5.41) is 6.27. The van der Waals surface area contributed by atoms with Crippen molar-refractivity contribution in [2.75, 3.05) is 25.9 Å². The molecule has 1 fully saturated rings. The molecule has 0 aromatic heterocycles. The van der Waals surface area contributed by atoms with Crippen LogP contribution in [-0.2, 0) is 9.84 Å². The van der Waals surface area contributed by atoms with E-state index in [9.17, 15) is 12.8 Å². The Balaban J connectivity index is 0.00000312. The van der Waals surface area contributed by atoms with Gasteiger partial charge in [-0.3, -0.25) is 4.99 Å². The van der Waals surface area contributed by atoms with E-state index in [1.807, 2.05) is 0 Å². The van der Waals surface area contributed by atoms with Crippen LogP contribution in [0.2, 0.25) is 0 Å². The summed E-state index contributed by atoms with van der Waals surface area (Å²) in [5.74, 6) is -0.318. The lowest BCUT2D eigenvalue weighted by Gasteiger charge is -2.41. The predicted octanol–water partition coefficient (Wildman–Crippen LogP) is 2.96. The zero-order valence-corrected chi connectivity index (χ0v) is 17.9. The maximum Gasteiger partial charge on any atom is 0.191 e. The number of benzene rings is 1. The number of halogens is 2. The van der Waals surface area contributed by atoms with Crippen molar-refractivity contribution in [3.05, 3.63) is 30.1 Å². The quantitative estimate of drug-likeness (QED) is 0.356. The maximum absolute atomic E-state index is 13.6. The van der Waals surface area contributed by atoms with E-state index in [0.717, 1.165) is 19.0 Å². The van der Waals surface area contributed by atoms with Crippen LogP contribution in [0.15, 0.2) is 34.2 Å². The number of guanidine groups is 1. The first-order valence-corrected chi connectivity index (χ1v) is 9.99. The van der Waals surface area contributed by atoms with Gasteiger partial charge in [-0.1, -0.05) is 25.5 Å². The van der Waals surface area contributed by atoms with Crippen LogP contribution in [0.25, 0.3) is 0 Å². The third-order valence-corrected chi connectivity index (χ3v) is 6.60. The minimum absolute atomic E-state index is 0. The Bertz CT molecular complexity index is 685. The van der Waals surface area contributed by atoms with E-state index in [1.165, 1.54) is 37.5 Å². The van der Waals surface area contributed by atoms with Gasteiger partial charge in [0.15, 0.2) is 15.8 Å². The number of nitrogens with one attached hydrogen (secondary N) is 2. The Hall–Kier alpha value is -0.900. The maximum atomic E-state index is 13.6. The molecule has 8 heteroatoms. The van der Waals surface area contributed by atoms with E-state index >= 15 is 0 Å². The number of nitrogens with zero attached hydrogens (tertiary/aromatic N) is 1. The Morgan fingerprint density at radius 1 is 1.28 bits per heavy atom. The third-order valence-electron chi connectivity index (χ3n) is 4.85. The molecule has 0 unspecified atom stereocenters. The number of hydrogen-bond acceptors (Lipinski definition) is 3. The normalized spacial score (nSPS) is 16.5. The van der Waals surface area contributed by atoms with Crippen molar-refractivity contribution < 1.29 is 12.8 Å². The van der Waals surface area contributed by atoms with Gasteiger partial charge in [0.05, 0.1) is 5.75 Å². The molecule has 25 heavy (non-hydrogen) atoms. The van der Waals surface area contributed by atoms with Crippen LogP contribution < -0.4 is 10.6 Å². The summed E-state index contributed by atoms with van der Waals surface area (Å²) in [6.07, 6.45) is 4.82. The molecule has 5 nitrogen and oxygen atoms in total. The zero-order chi connectivity index (χ0) is 17.6. The topological polar surface area (TPSA) is 70.6 Å². The van der Waals surface area contributed by atoms with Gasteiger partial charge >= 0.3 is 0 Å². The molecule has 1 aliphatic rings. The first-order valence-electron chi connectivity index (χ1n) is 8.34. The lowest BCUT2D eigenvalue weighted by molar-refractivity contribution is 0.131. The number of rotatable bonds is 7. The largest absolute Gasteiger partial charge is 0.356 e. The van der Waals surface area contributed by atoms with Gasteiger partial charge in [-0.05, 0) is 36.8 Å². The summed E-state index contributed by atoms with van der Waals surface area (Å²) >= 11 is 0. The Kier molecular flexibility index (Phi) is 8.59. The molecule has 0 bridgehead atoms. The second kappa shape index (κ2) is 9.70. The van der Waals surface area contributed by atoms with E-state index < -0.39 is 15.7 Å². The minimum Gasteiger partial charge on any atom is -0.356 e. The molecule has 0 aliphatic heterocycles. The third kappa shape index (κ3) is 5.80. The summed E-state index contributed by atoms with van der Waals surface area (Å²) in [6, 6.07) is 5.44. The first kappa shape index (κ1) is 22.1. The molecule has 0 atom stereocenters. The van der Waals surface area contributed by atoms with Crippen LogP contribution in [0, 0.1) is 11.2 Å². The Morgan fingerprint density at radius 3 is 2.48 bits per heavy atom. The second-order valence-corrected chi connectivity index (χ2v) is 8.39. The number of hydrogen-bond donors (Lipinski definition) is 2. The summed E-state index contributed by atoms with van der Waals surface area (Å²) in [4.78, 5) is 3.86. The Labute approximate surface area is 166 Å². The highest BCUT2D eigenvalue weighted by atomic mass is 127. The average molecular weight is 483 g/mol. The molecule has 0 saturated heterocycles. The molecule has 1 aliphatic carbocycles. The summed E-state index contributed by atoms with van der Waals surface area (Å²) in [5.41, 5.74) is 0.344. The smallest absolute Gasteiger partial charge is 0.191 e. The van der Waals surface area contributed by atoms with Crippen molar-refractivity contribution in [1.82, 2.24) is 10.6 Å². The molecule has 142 valence electrons. The minimum atomic E-state index is -3.66. The second-order valence-electron chi connectivity index (χ2n) is 6.31. The molecule has 0 radical (unpaired) electrons. The molecule has 0 amide bonds. The summed E-state index contributed by atoms with van der Waals surface area (Å²) in [7, 11) is -2.00. The predicted molar refractivity (Wildman–Crippen MR) is 110 cm³/mol. The van der Waals surface area contributed by atoms with Crippen LogP contribution in [0.1, 0.15) is 32.6 Å². The Morgan fingerprint density at radius 2 is 1.96 bits per heavy atom. The van der Waals surface area contributed by atoms with Gasteiger partial charge in [-0.25, -0.2) is 12.8 Å². The fraction of sp³-hybridized carbons (Fsp3) is 0.588. The fourth-order valence-corrected chi connectivity index (χ4v) is 4.18. The van der Waals surface area contributed by atoms with Crippen molar-refractivity contribution in [2.24, 2.45) is 10.4 Å². The molecule has 1 aromatic carbocycles. The van der Waals surface area contributed by atoms with Crippen LogP contribution in [0.3, 0.4) is 0 Å². The monoisotopic (exact) mass is 483 g/mol. The molecule has 0 heterocycles. The highest BCUT2D eigenvalue weighted by Gasteiger charge is 2.34. The van der Waals surface area contributed by atoms with Crippen molar-refractivity contribution in [3.63, 3.8) is 0 Å². The van der Waals surface area contributed by atoms with Gasteiger partial charge in [-0.15, -0.1) is 24.0 Å². The van der Waals surface area contributed by atoms with E-state index in [1.54, 1.807) is 7.05 Å². The molecule has 2 rings (SSSR count). The highest BCUT2D eigenvalue weighted by molar-refractivity contribution is 14.0. The van der Waals surface area contributed by atoms with E-state index in [-0.39, 0.29) is 41.2 Å². The number of sulfone groups is 1. The molecule has 0 spiro atoms. The van der Waals surface area contributed by atoms with Gasteiger partial charge in [-0.2, -0.15) is 0 Å². The van der Waals surface area contributed by atoms with Crippen molar-refractivity contribution in [2.45, 2.75) is 37.5 Å². The molecular formula is C17H27FIN3O2S. The van der Waals surface area contributed by atoms with Gasteiger partial charge in [0.1, 0.15) is 10.7 Å². The summed E-state index contributed by atoms with van der Waals surface area (Å²) < 4.78 is 38.0. The lowest BCUT2D eigenvalue weighted by Crippen LogP contribution is -2.47. The van der Waals surface area contributed by atoms with Crippen LogP contribution in [0.4, 0.5) is 4.39 Å². The van der Waals surface area contributed by atoms with Gasteiger partial charge in [0, 0.05) is 20.1 Å². The van der Waals surface area contributed by atoms with Crippen LogP contribution in [0.5, 0.6) is 0 Å². The summed E-state index contributed by atoms with van der Waals surface area (Å²) in [6.45, 7) is 3.21. The SMILES string of the molecule is CCC1(CNC(=NC)NCCS(=O)(=O)c2ccccc2F)CCC1.I. The average Bonchev–Trinajstić information content (AvgIpc) is 2.52. The molecular weight excluding hydrogens is 456 g/mol. The first-order chi connectivity index (χ1) is 11.4. The zero-order valence-electron chi connectivity index (χ0n) is 14.7. The van der Waals surface area contributed by atoms with Crippen molar-refractivity contribution >= 4 is 39.8 Å². The van der Waals surface area contributed by atoms with Crippen LogP contribution in [-0.4, -0.2) is 40.3 Å². The van der Waals surface area contributed by atoms with Gasteiger partial charge in [0.25, 0.3) is 0 Å². The molecule has 1 saturated carbocycles. The standard InChI is InChI=1S/C17H26FN3O2S.HI/c1-3-17(9-6-10-17)13-21-16(19-2)20-11-12-24(22,23)15-8-5-4-7-14(15)18;/h4-5,7-8H,3,6,9-13H2,1-2H3,(H2,19,20,21);1H. The van der Waals surface area contributed by atoms with E-state index in [0.29, 0.717) is 11.4 Å². The van der Waals surface area contributed by atoms with Crippen LogP contribution >= 0.6 is 24.0 Å². The highest BCUT2D eigenvalue weighted by Crippen LogP contribution is 2.42. The van der Waals surface area contributed by atoms with Gasteiger partial charge in [0.2, 0.25) is 0 Å². The molecule has 1 aromatic rings. The van der Waals surface area contributed by atoms with E-state index in [2.05, 4.69) is 22.5 Å². The lowest BCUT2D eigenvalue weighted by atomic mass is 9.67. The fourth-order valence-electron chi connectivity index (χ4n) is 2.93.